The van der Waals surface area contributed by atoms with Gasteiger partial charge in [-0.05, 0) is 13.8 Å². The molecule has 0 aromatic carbocycles. The molecular formula is C18H26N6O2. The second kappa shape index (κ2) is 5.96. The highest BCUT2D eigenvalue weighted by Gasteiger charge is 2.31. The molecule has 1 aliphatic rings. The van der Waals surface area contributed by atoms with Gasteiger partial charge in [0.05, 0.1) is 18.8 Å². The Hall–Kier alpha value is -2.64. The van der Waals surface area contributed by atoms with Crippen molar-refractivity contribution in [3.05, 3.63) is 33.0 Å². The highest BCUT2D eigenvalue weighted by molar-refractivity contribution is 5.93. The number of imidazole rings is 1. The average Bonchev–Trinajstić information content (AvgIpc) is 2.92. The van der Waals surface area contributed by atoms with Crippen molar-refractivity contribution in [3.63, 3.8) is 0 Å². The van der Waals surface area contributed by atoms with Crippen LogP contribution in [0.2, 0.25) is 0 Å². The second-order valence-electron chi connectivity index (χ2n) is 7.87. The van der Waals surface area contributed by atoms with Crippen LogP contribution in [0.3, 0.4) is 0 Å². The van der Waals surface area contributed by atoms with Gasteiger partial charge in [-0.1, -0.05) is 32.9 Å². The maximum Gasteiger partial charge on any atom is 0.332 e. The number of fused-ring (bicyclic) bond motifs is 3. The topological polar surface area (TPSA) is 77.4 Å². The van der Waals surface area contributed by atoms with Crippen molar-refractivity contribution in [2.45, 2.75) is 47.7 Å². The maximum atomic E-state index is 13.0. The Morgan fingerprint density at radius 3 is 2.46 bits per heavy atom. The van der Waals surface area contributed by atoms with Crippen molar-refractivity contribution in [2.24, 2.45) is 17.6 Å². The summed E-state index contributed by atoms with van der Waals surface area (Å²) in [5, 5.41) is 6.53. The van der Waals surface area contributed by atoms with Gasteiger partial charge in [0.1, 0.15) is 0 Å². The average molecular weight is 358 g/mol. The molecule has 0 unspecified atom stereocenters. The van der Waals surface area contributed by atoms with Crippen molar-refractivity contribution in [1.82, 2.24) is 18.7 Å². The Morgan fingerprint density at radius 1 is 1.27 bits per heavy atom. The molecule has 0 N–H and O–H groups in total. The first-order chi connectivity index (χ1) is 12.1. The predicted octanol–water partition coefficient (Wildman–Crippen LogP) is 1.71. The van der Waals surface area contributed by atoms with Gasteiger partial charge in [-0.3, -0.25) is 18.5 Å². The molecule has 0 saturated carbocycles. The quantitative estimate of drug-likeness (QED) is 0.783. The highest BCUT2D eigenvalue weighted by atomic mass is 16.2. The summed E-state index contributed by atoms with van der Waals surface area (Å²) in [6.07, 6.45) is 0. The summed E-state index contributed by atoms with van der Waals surface area (Å²) < 4.78 is 4.55. The number of anilines is 1. The van der Waals surface area contributed by atoms with Crippen molar-refractivity contribution in [2.75, 3.05) is 11.6 Å². The number of hydrogen-bond acceptors (Lipinski definition) is 5. The minimum atomic E-state index is -0.358. The first kappa shape index (κ1) is 18.2. The molecule has 0 saturated heterocycles. The van der Waals surface area contributed by atoms with Crippen LogP contribution in [0.1, 0.15) is 34.6 Å². The number of rotatable bonds is 3. The molecule has 0 radical (unpaired) electrons. The Bertz CT molecular complexity index is 1040. The molecule has 0 bridgehead atoms. The summed E-state index contributed by atoms with van der Waals surface area (Å²) in [6, 6.07) is 0. The lowest BCUT2D eigenvalue weighted by Crippen LogP contribution is -2.40. The van der Waals surface area contributed by atoms with E-state index in [2.05, 4.69) is 32.3 Å². The molecule has 2 aromatic heterocycles. The summed E-state index contributed by atoms with van der Waals surface area (Å²) in [5.74, 6) is 0.567. The Labute approximate surface area is 152 Å². The van der Waals surface area contributed by atoms with Crippen molar-refractivity contribution >= 4 is 22.8 Å². The van der Waals surface area contributed by atoms with Gasteiger partial charge in [-0.2, -0.15) is 10.1 Å². The van der Waals surface area contributed by atoms with Crippen LogP contribution in [0.5, 0.6) is 0 Å². The van der Waals surface area contributed by atoms with E-state index in [0.29, 0.717) is 36.7 Å². The molecule has 0 amide bonds. The monoisotopic (exact) mass is 358 g/mol. The zero-order chi connectivity index (χ0) is 19.4. The van der Waals surface area contributed by atoms with Gasteiger partial charge in [-0.15, -0.1) is 0 Å². The standard InChI is InChI=1S/C18H26N6O2/c1-8-22-15(25)13-14(21(7)17(22)26)19-16-23(13)10-12(18(4,5)6)20-24(16)9-11(2)3/h2,8-10H2,1,3-7H3. The molecule has 0 fully saturated rings. The molecule has 0 spiro atoms. The summed E-state index contributed by atoms with van der Waals surface area (Å²) in [5.41, 5.74) is 1.87. The Balaban J connectivity index is 2.36. The smallest absolute Gasteiger partial charge is 0.297 e. The van der Waals surface area contributed by atoms with Crippen LogP contribution in [0.4, 0.5) is 5.95 Å². The van der Waals surface area contributed by atoms with E-state index in [4.69, 9.17) is 5.10 Å². The van der Waals surface area contributed by atoms with Gasteiger partial charge in [-0.25, -0.2) is 9.80 Å². The molecule has 3 heterocycles. The third kappa shape index (κ3) is 2.69. The number of aryl methyl sites for hydroxylation is 1. The minimum Gasteiger partial charge on any atom is -0.297 e. The maximum absolute atomic E-state index is 13.0. The van der Waals surface area contributed by atoms with Gasteiger partial charge in [0.25, 0.3) is 5.56 Å². The number of hydrazone groups is 1. The van der Waals surface area contributed by atoms with Crippen LogP contribution in [0.15, 0.2) is 26.8 Å². The van der Waals surface area contributed by atoms with Crippen LogP contribution in [0, 0.1) is 5.41 Å². The molecule has 8 heteroatoms. The van der Waals surface area contributed by atoms with Crippen molar-refractivity contribution < 1.29 is 0 Å². The van der Waals surface area contributed by atoms with Gasteiger partial charge in [0.2, 0.25) is 5.95 Å². The van der Waals surface area contributed by atoms with Gasteiger partial charge >= 0.3 is 5.69 Å². The second-order valence-corrected chi connectivity index (χ2v) is 7.87. The molecule has 0 atom stereocenters. The Morgan fingerprint density at radius 2 is 1.92 bits per heavy atom. The van der Waals surface area contributed by atoms with E-state index in [1.54, 1.807) is 19.0 Å². The van der Waals surface area contributed by atoms with E-state index in [1.165, 1.54) is 9.13 Å². The van der Waals surface area contributed by atoms with Crippen LogP contribution >= 0.6 is 0 Å². The third-order valence-electron chi connectivity index (χ3n) is 4.59. The lowest BCUT2D eigenvalue weighted by molar-refractivity contribution is 0.551. The third-order valence-corrected chi connectivity index (χ3v) is 4.59. The van der Waals surface area contributed by atoms with Crippen LogP contribution in [-0.2, 0) is 20.1 Å². The summed E-state index contributed by atoms with van der Waals surface area (Å²) in [6.45, 7) is 15.2. The molecule has 3 rings (SSSR count). The van der Waals surface area contributed by atoms with Crippen LogP contribution in [0.25, 0.3) is 11.2 Å². The first-order valence-corrected chi connectivity index (χ1v) is 8.76. The molecule has 1 aliphatic heterocycles. The van der Waals surface area contributed by atoms with Gasteiger partial charge < -0.3 is 0 Å². The number of hydrogen-bond donors (Lipinski definition) is 0. The fourth-order valence-electron chi connectivity index (χ4n) is 3.11. The number of aromatic nitrogens is 4. The lowest BCUT2D eigenvalue weighted by Gasteiger charge is -2.31. The zero-order valence-corrected chi connectivity index (χ0v) is 16.3. The normalized spacial score (nSPS) is 14.5. The Kier molecular flexibility index (Phi) is 4.17. The molecule has 2 aromatic rings. The molecule has 0 aliphatic carbocycles. The van der Waals surface area contributed by atoms with E-state index in [1.807, 2.05) is 11.5 Å². The van der Waals surface area contributed by atoms with E-state index in [-0.39, 0.29) is 16.7 Å². The van der Waals surface area contributed by atoms with E-state index >= 15 is 0 Å². The highest BCUT2D eigenvalue weighted by Crippen LogP contribution is 2.29. The first-order valence-electron chi connectivity index (χ1n) is 8.76. The summed E-state index contributed by atoms with van der Waals surface area (Å²) >= 11 is 0. The molecule has 26 heavy (non-hydrogen) atoms. The lowest BCUT2D eigenvalue weighted by atomic mass is 9.89. The van der Waals surface area contributed by atoms with Crippen LogP contribution in [-0.4, -0.2) is 30.9 Å². The fraction of sp³-hybridized carbons (Fsp3) is 0.556. The fourth-order valence-corrected chi connectivity index (χ4v) is 3.11. The van der Waals surface area contributed by atoms with Crippen molar-refractivity contribution in [3.8, 4) is 0 Å². The molecule has 140 valence electrons. The van der Waals surface area contributed by atoms with Gasteiger partial charge in [0.15, 0.2) is 11.2 Å². The minimum absolute atomic E-state index is 0.161. The molecule has 8 nitrogen and oxygen atoms in total. The van der Waals surface area contributed by atoms with Gasteiger partial charge in [0, 0.05) is 19.0 Å². The SMILES string of the molecule is C=C(C)CN1N=C(C(C)(C)C)Cn2c1nc1c2c(=O)n(CC)c(=O)n1C. The summed E-state index contributed by atoms with van der Waals surface area (Å²) in [4.78, 5) is 30.0. The van der Waals surface area contributed by atoms with Crippen LogP contribution < -0.4 is 16.3 Å². The largest absolute Gasteiger partial charge is 0.332 e. The van der Waals surface area contributed by atoms with E-state index < -0.39 is 0 Å². The predicted molar refractivity (Wildman–Crippen MR) is 104 cm³/mol. The van der Waals surface area contributed by atoms with E-state index in [9.17, 15) is 9.59 Å². The van der Waals surface area contributed by atoms with E-state index in [0.717, 1.165) is 11.3 Å². The zero-order valence-electron chi connectivity index (χ0n) is 16.3. The number of nitrogens with zero attached hydrogens (tertiary/aromatic N) is 6. The summed E-state index contributed by atoms with van der Waals surface area (Å²) in [7, 11) is 1.64. The van der Waals surface area contributed by atoms with Crippen molar-refractivity contribution in [1.29, 1.82) is 0 Å². The molecular weight excluding hydrogens is 332 g/mol.